The van der Waals surface area contributed by atoms with Gasteiger partial charge in [-0.2, -0.15) is 0 Å². The molecule has 3 aromatic carbocycles. The largest absolute Gasteiger partial charge is 0.497 e. The summed E-state index contributed by atoms with van der Waals surface area (Å²) in [6, 6.07) is 22.2. The Morgan fingerprint density at radius 1 is 0.862 bits per heavy atom. The maximum Gasteiger partial charge on any atom is 0.260 e. The Morgan fingerprint density at radius 2 is 1.55 bits per heavy atom. The third-order valence-corrected chi connectivity index (χ3v) is 5.42. The van der Waals surface area contributed by atoms with Gasteiger partial charge >= 0.3 is 0 Å². The van der Waals surface area contributed by atoms with E-state index >= 15 is 0 Å². The molecule has 1 saturated heterocycles. The molecule has 0 aromatic heterocycles. The lowest BCUT2D eigenvalue weighted by atomic mass is 10.0. The molecule has 0 N–H and O–H groups in total. The van der Waals surface area contributed by atoms with Crippen LogP contribution < -0.4 is 9.47 Å². The molecule has 0 radical (unpaired) electrons. The number of rotatable bonds is 6. The average Bonchev–Trinajstić information content (AvgIpc) is 2.78. The quantitative estimate of drug-likeness (QED) is 0.645. The van der Waals surface area contributed by atoms with E-state index in [0.717, 1.165) is 38.5 Å². The molecule has 1 heterocycles. The highest BCUT2D eigenvalue weighted by molar-refractivity contribution is 5.85. The van der Waals surface area contributed by atoms with Gasteiger partial charge in [-0.25, -0.2) is 0 Å². The molecule has 4 rings (SSSR count). The molecule has 1 fully saturated rings. The van der Waals surface area contributed by atoms with E-state index in [0.29, 0.717) is 5.75 Å². The van der Waals surface area contributed by atoms with Gasteiger partial charge in [0.25, 0.3) is 5.91 Å². The Bertz CT molecular complexity index is 958. The average molecular weight is 390 g/mol. The van der Waals surface area contributed by atoms with Crippen molar-refractivity contribution in [3.63, 3.8) is 0 Å². The zero-order chi connectivity index (χ0) is 20.1. The molecule has 0 spiro atoms. The zero-order valence-electron chi connectivity index (χ0n) is 16.7. The van der Waals surface area contributed by atoms with Crippen LogP contribution in [0.2, 0.25) is 0 Å². The highest BCUT2D eigenvalue weighted by atomic mass is 16.5. The van der Waals surface area contributed by atoms with Crippen LogP contribution in [0.15, 0.2) is 66.7 Å². The topological polar surface area (TPSA) is 42.0 Å². The lowest BCUT2D eigenvalue weighted by Gasteiger charge is -2.34. The molecule has 1 amide bonds. The summed E-state index contributed by atoms with van der Waals surface area (Å²) in [6.45, 7) is 4.18. The van der Waals surface area contributed by atoms with Crippen LogP contribution in [0.1, 0.15) is 5.56 Å². The molecule has 0 unspecified atom stereocenters. The van der Waals surface area contributed by atoms with Crippen LogP contribution in [0, 0.1) is 0 Å². The van der Waals surface area contributed by atoms with Crippen LogP contribution in [0.3, 0.4) is 0 Å². The number of hydrogen-bond acceptors (Lipinski definition) is 4. The van der Waals surface area contributed by atoms with E-state index in [9.17, 15) is 4.79 Å². The zero-order valence-corrected chi connectivity index (χ0v) is 16.7. The van der Waals surface area contributed by atoms with Crippen molar-refractivity contribution in [1.82, 2.24) is 9.80 Å². The molecule has 29 heavy (non-hydrogen) atoms. The molecular weight excluding hydrogens is 364 g/mol. The predicted molar refractivity (Wildman–Crippen MR) is 114 cm³/mol. The van der Waals surface area contributed by atoms with Gasteiger partial charge in [0, 0.05) is 32.7 Å². The van der Waals surface area contributed by atoms with E-state index in [1.165, 1.54) is 16.3 Å². The molecule has 1 aliphatic heterocycles. The molecule has 5 heteroatoms. The number of carbonyl (C=O) groups excluding carboxylic acids is 1. The fourth-order valence-corrected chi connectivity index (χ4v) is 3.73. The Morgan fingerprint density at radius 3 is 2.31 bits per heavy atom. The second kappa shape index (κ2) is 8.97. The van der Waals surface area contributed by atoms with Crippen LogP contribution >= 0.6 is 0 Å². The summed E-state index contributed by atoms with van der Waals surface area (Å²) >= 11 is 0. The van der Waals surface area contributed by atoms with E-state index in [-0.39, 0.29) is 12.5 Å². The van der Waals surface area contributed by atoms with Crippen molar-refractivity contribution in [3.05, 3.63) is 72.3 Å². The van der Waals surface area contributed by atoms with E-state index in [4.69, 9.17) is 9.47 Å². The number of nitrogens with zero attached hydrogens (tertiary/aromatic N) is 2. The summed E-state index contributed by atoms with van der Waals surface area (Å²) in [7, 11) is 1.62. The minimum atomic E-state index is 0.0330. The summed E-state index contributed by atoms with van der Waals surface area (Å²) in [4.78, 5) is 16.8. The minimum Gasteiger partial charge on any atom is -0.497 e. The molecule has 0 aliphatic carbocycles. The molecule has 3 aromatic rings. The van der Waals surface area contributed by atoms with Crippen molar-refractivity contribution in [1.29, 1.82) is 0 Å². The summed E-state index contributed by atoms with van der Waals surface area (Å²) < 4.78 is 10.8. The highest BCUT2D eigenvalue weighted by Gasteiger charge is 2.21. The number of fused-ring (bicyclic) bond motifs is 1. The van der Waals surface area contributed by atoms with Crippen molar-refractivity contribution < 1.29 is 14.3 Å². The Kier molecular flexibility index (Phi) is 5.96. The lowest BCUT2D eigenvalue weighted by molar-refractivity contribution is -0.135. The molecule has 0 atom stereocenters. The first-order chi connectivity index (χ1) is 14.2. The number of hydrogen-bond donors (Lipinski definition) is 0. The van der Waals surface area contributed by atoms with Gasteiger partial charge in [0.15, 0.2) is 6.61 Å². The SMILES string of the molecule is COc1ccc(OCC(=O)N2CCN(Cc3cccc4ccccc34)CC2)cc1. The lowest BCUT2D eigenvalue weighted by Crippen LogP contribution is -2.49. The predicted octanol–water partition coefficient (Wildman–Crippen LogP) is 3.57. The van der Waals surface area contributed by atoms with Crippen molar-refractivity contribution in [2.24, 2.45) is 0 Å². The Hall–Kier alpha value is -3.05. The Labute approximate surface area is 171 Å². The van der Waals surface area contributed by atoms with Gasteiger partial charge in [0.1, 0.15) is 11.5 Å². The standard InChI is InChI=1S/C24H26N2O3/c1-28-21-9-11-22(12-10-21)29-18-24(27)26-15-13-25(14-16-26)17-20-7-4-6-19-5-2-3-8-23(19)20/h2-12H,13-18H2,1H3. The molecule has 1 aliphatic rings. The maximum atomic E-state index is 12.5. The van der Waals surface area contributed by atoms with Gasteiger partial charge < -0.3 is 14.4 Å². The molecule has 0 bridgehead atoms. The molecule has 5 nitrogen and oxygen atoms in total. The number of methoxy groups -OCH3 is 1. The highest BCUT2D eigenvalue weighted by Crippen LogP contribution is 2.21. The maximum absolute atomic E-state index is 12.5. The number of piperazine rings is 1. The smallest absolute Gasteiger partial charge is 0.260 e. The van der Waals surface area contributed by atoms with Gasteiger partial charge in [0.05, 0.1) is 7.11 Å². The van der Waals surface area contributed by atoms with Gasteiger partial charge in [-0.05, 0) is 40.6 Å². The first kappa shape index (κ1) is 19.3. The summed E-state index contributed by atoms with van der Waals surface area (Å²) in [5.41, 5.74) is 1.34. The van der Waals surface area contributed by atoms with Crippen LogP contribution in [0.25, 0.3) is 10.8 Å². The molecule has 0 saturated carbocycles. The molecule has 150 valence electrons. The van der Waals surface area contributed by atoms with Crippen LogP contribution in [-0.2, 0) is 11.3 Å². The number of carbonyl (C=O) groups is 1. The van der Waals surface area contributed by atoms with Crippen molar-refractivity contribution in [2.45, 2.75) is 6.54 Å². The van der Waals surface area contributed by atoms with Gasteiger partial charge in [-0.1, -0.05) is 42.5 Å². The fourth-order valence-electron chi connectivity index (χ4n) is 3.73. The monoisotopic (exact) mass is 390 g/mol. The normalized spacial score (nSPS) is 14.7. The summed E-state index contributed by atoms with van der Waals surface area (Å²) in [6.07, 6.45) is 0. The van der Waals surface area contributed by atoms with Crippen LogP contribution in [0.5, 0.6) is 11.5 Å². The van der Waals surface area contributed by atoms with E-state index < -0.39 is 0 Å². The van der Waals surface area contributed by atoms with Gasteiger partial charge in [-0.15, -0.1) is 0 Å². The van der Waals surface area contributed by atoms with Crippen molar-refractivity contribution >= 4 is 16.7 Å². The third-order valence-electron chi connectivity index (χ3n) is 5.42. The van der Waals surface area contributed by atoms with Crippen molar-refractivity contribution in [3.8, 4) is 11.5 Å². The fraction of sp³-hybridized carbons (Fsp3) is 0.292. The van der Waals surface area contributed by atoms with Crippen LogP contribution in [-0.4, -0.2) is 55.6 Å². The summed E-state index contributed by atoms with van der Waals surface area (Å²) in [5, 5.41) is 2.58. The van der Waals surface area contributed by atoms with E-state index in [2.05, 4.69) is 47.4 Å². The van der Waals surface area contributed by atoms with E-state index in [1.807, 2.05) is 29.2 Å². The number of amides is 1. The first-order valence-corrected chi connectivity index (χ1v) is 9.96. The third kappa shape index (κ3) is 4.69. The minimum absolute atomic E-state index is 0.0330. The summed E-state index contributed by atoms with van der Waals surface area (Å²) in [5.74, 6) is 1.48. The molecular formula is C24H26N2O3. The number of ether oxygens (including phenoxy) is 2. The number of benzene rings is 3. The van der Waals surface area contributed by atoms with E-state index in [1.54, 1.807) is 7.11 Å². The van der Waals surface area contributed by atoms with Gasteiger partial charge in [-0.3, -0.25) is 9.69 Å². The second-order valence-corrected chi connectivity index (χ2v) is 7.26. The van der Waals surface area contributed by atoms with Crippen molar-refractivity contribution in [2.75, 3.05) is 39.9 Å². The van der Waals surface area contributed by atoms with Gasteiger partial charge in [0.2, 0.25) is 0 Å². The first-order valence-electron chi connectivity index (χ1n) is 9.96. The second-order valence-electron chi connectivity index (χ2n) is 7.26. The van der Waals surface area contributed by atoms with Crippen LogP contribution in [0.4, 0.5) is 0 Å². The Balaban J connectivity index is 1.28.